The average Bonchev–Trinajstić information content (AvgIpc) is 3.40. The highest BCUT2D eigenvalue weighted by Gasteiger charge is 2.74. The number of fused-ring (bicyclic) bond motifs is 2. The van der Waals surface area contributed by atoms with Gasteiger partial charge in [0.15, 0.2) is 5.67 Å². The third-order valence-electron chi connectivity index (χ3n) is 10.7. The van der Waals surface area contributed by atoms with Crippen LogP contribution in [0.4, 0.5) is 10.2 Å². The molecule has 6 nitrogen and oxygen atoms in total. The molecule has 0 amide bonds. The van der Waals surface area contributed by atoms with Gasteiger partial charge in [-0.15, -0.1) is 0 Å². The van der Waals surface area contributed by atoms with E-state index >= 15 is 4.39 Å². The van der Waals surface area contributed by atoms with Crippen molar-refractivity contribution in [3.63, 3.8) is 0 Å². The molecule has 0 radical (unpaired) electrons. The van der Waals surface area contributed by atoms with Crippen molar-refractivity contribution in [1.29, 1.82) is 0 Å². The molecule has 1 aromatic carbocycles. The van der Waals surface area contributed by atoms with E-state index in [1.54, 1.807) is 12.3 Å². The highest BCUT2D eigenvalue weighted by Crippen LogP contribution is 2.71. The van der Waals surface area contributed by atoms with Crippen LogP contribution in [-0.2, 0) is 4.74 Å². The van der Waals surface area contributed by atoms with Crippen LogP contribution < -0.4 is 5.73 Å². The van der Waals surface area contributed by atoms with Gasteiger partial charge in [-0.2, -0.15) is 0 Å². The lowest BCUT2D eigenvalue weighted by Gasteiger charge is -2.60. The summed E-state index contributed by atoms with van der Waals surface area (Å²) in [6.45, 7) is 2.28. The van der Waals surface area contributed by atoms with Gasteiger partial charge in [0, 0.05) is 23.5 Å². The predicted octanol–water partition coefficient (Wildman–Crippen LogP) is 4.01. The van der Waals surface area contributed by atoms with Gasteiger partial charge < -0.3 is 25.6 Å². The number of halogens is 1. The molecule has 8 unspecified atom stereocenters. The first kappa shape index (κ1) is 23.8. The van der Waals surface area contributed by atoms with Crippen molar-refractivity contribution in [3.8, 4) is 0 Å². The van der Waals surface area contributed by atoms with E-state index in [0.717, 1.165) is 22.8 Å². The molecule has 2 bridgehead atoms. The fraction of sp³-hybridized carbons (Fsp3) is 0.567. The number of aliphatic hydroxyl groups is 2. The zero-order valence-electron chi connectivity index (χ0n) is 21.7. The number of benzene rings is 1. The largest absolute Gasteiger partial charge is 0.388 e. The molecule has 4 N–H and O–H groups in total. The Kier molecular flexibility index (Phi) is 4.76. The van der Waals surface area contributed by atoms with Crippen molar-refractivity contribution < 1.29 is 19.3 Å². The molecule has 37 heavy (non-hydrogen) atoms. The van der Waals surface area contributed by atoms with Crippen molar-refractivity contribution in [2.24, 2.45) is 11.3 Å². The number of pyridine rings is 1. The summed E-state index contributed by atoms with van der Waals surface area (Å²) in [5.74, 6) is 0.517. The summed E-state index contributed by atoms with van der Waals surface area (Å²) >= 11 is 0. The van der Waals surface area contributed by atoms with E-state index in [9.17, 15) is 10.2 Å². The third-order valence-corrected chi connectivity index (χ3v) is 10.7. The minimum absolute atomic E-state index is 0.00840. The van der Waals surface area contributed by atoms with Crippen LogP contribution in [0.5, 0.6) is 0 Å². The smallest absolute Gasteiger partial charge is 0.158 e. The Labute approximate surface area is 217 Å². The summed E-state index contributed by atoms with van der Waals surface area (Å²) in [4.78, 5) is 6.16. The maximum atomic E-state index is 17.2. The predicted molar refractivity (Wildman–Crippen MR) is 141 cm³/mol. The first-order valence-corrected chi connectivity index (χ1v) is 13.5. The van der Waals surface area contributed by atoms with Gasteiger partial charge in [0.1, 0.15) is 17.5 Å². The van der Waals surface area contributed by atoms with Gasteiger partial charge in [-0.25, -0.2) is 9.37 Å². The lowest BCUT2D eigenvalue weighted by Crippen LogP contribution is -2.68. The van der Waals surface area contributed by atoms with E-state index in [1.807, 2.05) is 31.1 Å². The molecule has 2 aromatic rings. The first-order valence-electron chi connectivity index (χ1n) is 13.5. The number of nitrogen functional groups attached to an aromatic ring is 1. The number of allylic oxidation sites excluding steroid dienone is 2. The molecule has 7 heteroatoms. The Bertz CT molecular complexity index is 1380. The van der Waals surface area contributed by atoms with Crippen molar-refractivity contribution in [1.82, 2.24) is 9.88 Å². The molecule has 3 heterocycles. The van der Waals surface area contributed by atoms with Gasteiger partial charge in [0.25, 0.3) is 0 Å². The average molecular weight is 506 g/mol. The summed E-state index contributed by atoms with van der Waals surface area (Å²) in [5, 5.41) is 24.0. The quantitative estimate of drug-likeness (QED) is 0.534. The van der Waals surface area contributed by atoms with Crippen molar-refractivity contribution in [2.75, 3.05) is 19.8 Å². The number of likely N-dealkylation sites (N-methyl/N-ethyl adjacent to an activating group) is 1. The molecule has 3 aliphatic carbocycles. The molecular formula is C30H36FN3O3. The van der Waals surface area contributed by atoms with Gasteiger partial charge in [-0.1, -0.05) is 25.1 Å². The van der Waals surface area contributed by atoms with E-state index in [0.29, 0.717) is 43.5 Å². The molecule has 7 rings (SSSR count). The van der Waals surface area contributed by atoms with Crippen LogP contribution in [-0.4, -0.2) is 69.3 Å². The fourth-order valence-corrected chi connectivity index (χ4v) is 8.80. The number of anilines is 1. The number of hydrogen-bond acceptors (Lipinski definition) is 6. The van der Waals surface area contributed by atoms with E-state index in [4.69, 9.17) is 10.5 Å². The minimum atomic E-state index is -1.66. The van der Waals surface area contributed by atoms with E-state index < -0.39 is 29.1 Å². The summed E-state index contributed by atoms with van der Waals surface area (Å²) in [6, 6.07) is 8.07. The number of aliphatic hydroxyl groups excluding tert-OH is 2. The molecule has 1 aromatic heterocycles. The topological polar surface area (TPSA) is 91.8 Å². The summed E-state index contributed by atoms with van der Waals surface area (Å²) in [6.07, 6.45) is 7.28. The molecular weight excluding hydrogens is 469 g/mol. The Balaban J connectivity index is 1.30. The van der Waals surface area contributed by atoms with Gasteiger partial charge >= 0.3 is 0 Å². The summed E-state index contributed by atoms with van der Waals surface area (Å²) in [7, 11) is 3.83. The molecule has 3 fully saturated rings. The second kappa shape index (κ2) is 7.41. The number of rotatable bonds is 2. The highest BCUT2D eigenvalue weighted by atomic mass is 19.1. The van der Waals surface area contributed by atoms with Crippen molar-refractivity contribution >= 4 is 22.2 Å². The first-order chi connectivity index (χ1) is 17.5. The Hall–Kier alpha value is -2.32. The standard InChI is InChI=1S/C30H36FN3O3/c1-27-9-11-29(31)15-21-24(35)25(36)22(34(2)3)16-28(21)10-12-30(29,37-28)23(27)7-6-20(27)18-4-5-19-17(14-18)8-13-33-26(19)32/h4-6,8,13-15,22-25,35-36H,7,9-12,16H2,1-3H3,(H2,32,33). The second-order valence-electron chi connectivity index (χ2n) is 12.6. The van der Waals surface area contributed by atoms with Gasteiger partial charge in [-0.05, 0) is 98.3 Å². The van der Waals surface area contributed by atoms with Crippen LogP contribution in [0, 0.1) is 11.3 Å². The zero-order valence-corrected chi connectivity index (χ0v) is 21.7. The second-order valence-corrected chi connectivity index (χ2v) is 12.6. The van der Waals surface area contributed by atoms with Crippen molar-refractivity contribution in [2.45, 2.75) is 80.6 Å². The SMILES string of the molecule is CN(C)C1CC23CCC4(O2)C2CC=C(c5ccc6c(N)nccc6c5)C2(C)CCC4(F)C=C3C(O)C1O. The van der Waals surface area contributed by atoms with Crippen molar-refractivity contribution in [3.05, 3.63) is 53.8 Å². The molecule has 5 aliphatic rings. The number of hydrogen-bond donors (Lipinski definition) is 3. The number of nitrogens with two attached hydrogens (primary N) is 1. The van der Waals surface area contributed by atoms with E-state index in [-0.39, 0.29) is 17.4 Å². The molecule has 2 saturated carbocycles. The minimum Gasteiger partial charge on any atom is -0.388 e. The molecule has 196 valence electrons. The Morgan fingerprint density at radius 1 is 1.14 bits per heavy atom. The Morgan fingerprint density at radius 2 is 1.95 bits per heavy atom. The maximum Gasteiger partial charge on any atom is 0.158 e. The number of ether oxygens (including phenoxy) is 1. The van der Waals surface area contributed by atoms with Crippen LogP contribution in [0.2, 0.25) is 0 Å². The number of aromatic nitrogens is 1. The van der Waals surface area contributed by atoms with Gasteiger partial charge in [-0.3, -0.25) is 0 Å². The molecule has 1 saturated heterocycles. The summed E-state index contributed by atoms with van der Waals surface area (Å²) < 4.78 is 24.2. The van der Waals surface area contributed by atoms with E-state index in [1.165, 1.54) is 5.57 Å². The normalized spacial score (nSPS) is 44.3. The van der Waals surface area contributed by atoms with Gasteiger partial charge in [0.05, 0.1) is 11.7 Å². The zero-order chi connectivity index (χ0) is 26.0. The van der Waals surface area contributed by atoms with Gasteiger partial charge in [0.2, 0.25) is 0 Å². The number of nitrogens with zero attached hydrogens (tertiary/aromatic N) is 2. The lowest BCUT2D eigenvalue weighted by molar-refractivity contribution is -0.239. The molecule has 2 spiro atoms. The Morgan fingerprint density at radius 3 is 2.73 bits per heavy atom. The fourth-order valence-electron chi connectivity index (χ4n) is 8.80. The maximum absolute atomic E-state index is 17.2. The summed E-state index contributed by atoms with van der Waals surface area (Å²) in [5.41, 5.74) is 5.51. The lowest BCUT2D eigenvalue weighted by atomic mass is 9.53. The van der Waals surface area contributed by atoms with Crippen LogP contribution >= 0.6 is 0 Å². The number of alkyl halides is 1. The highest BCUT2D eigenvalue weighted by molar-refractivity contribution is 5.93. The molecule has 8 atom stereocenters. The van der Waals surface area contributed by atoms with Crippen LogP contribution in [0.15, 0.2) is 48.2 Å². The third kappa shape index (κ3) is 2.86. The molecule has 2 aliphatic heterocycles. The van der Waals surface area contributed by atoms with Crippen LogP contribution in [0.3, 0.4) is 0 Å². The van der Waals surface area contributed by atoms with Crippen LogP contribution in [0.25, 0.3) is 16.3 Å². The monoisotopic (exact) mass is 505 g/mol. The van der Waals surface area contributed by atoms with E-state index in [2.05, 4.69) is 30.1 Å². The van der Waals surface area contributed by atoms with Crippen LogP contribution in [0.1, 0.15) is 51.0 Å².